The Morgan fingerprint density at radius 2 is 1.94 bits per heavy atom. The molecule has 4 heteroatoms. The van der Waals surface area contributed by atoms with E-state index in [4.69, 9.17) is 0 Å². The number of hydrogen-bond acceptors (Lipinski definition) is 3. The molecule has 0 aromatic carbocycles. The Kier molecular flexibility index (Phi) is 8.19. The molecule has 0 spiro atoms. The lowest BCUT2D eigenvalue weighted by Gasteiger charge is -2.16. The lowest BCUT2D eigenvalue weighted by molar-refractivity contribution is 0.232. The van der Waals surface area contributed by atoms with Crippen LogP contribution < -0.4 is 0 Å². The zero-order valence-electron chi connectivity index (χ0n) is 11.1. The lowest BCUT2D eigenvalue weighted by atomic mass is 10.1. The first-order chi connectivity index (χ1) is 8.24. The van der Waals surface area contributed by atoms with E-state index < -0.39 is 0 Å². The average Bonchev–Trinajstić information content (AvgIpc) is 3.14. The predicted molar refractivity (Wildman–Crippen MR) is 80.1 cm³/mol. The highest BCUT2D eigenvalue weighted by molar-refractivity contribution is 8.15. The van der Waals surface area contributed by atoms with E-state index in [9.17, 15) is 4.79 Å². The number of nitrogens with zero attached hydrogens (tertiary/aromatic N) is 1. The highest BCUT2D eigenvalue weighted by Gasteiger charge is 2.24. The van der Waals surface area contributed by atoms with Crippen LogP contribution in [0.4, 0.5) is 4.79 Å². The van der Waals surface area contributed by atoms with Crippen LogP contribution in [0.2, 0.25) is 0 Å². The third-order valence-corrected chi connectivity index (χ3v) is 5.26. The smallest absolute Gasteiger partial charge is 0.281 e. The minimum Gasteiger partial charge on any atom is -0.337 e. The second-order valence-corrected chi connectivity index (χ2v) is 7.03. The second-order valence-electron chi connectivity index (χ2n) is 4.72. The van der Waals surface area contributed by atoms with Crippen molar-refractivity contribution in [2.45, 2.75) is 50.7 Å². The number of amides is 1. The Morgan fingerprint density at radius 3 is 2.59 bits per heavy atom. The minimum atomic E-state index is 0.256. The summed E-state index contributed by atoms with van der Waals surface area (Å²) < 4.78 is 0. The minimum absolute atomic E-state index is 0.256. The number of carbonyl (C=O) groups is 1. The van der Waals surface area contributed by atoms with Crippen LogP contribution in [0, 0.1) is 0 Å². The fourth-order valence-corrected chi connectivity index (χ4v) is 3.41. The van der Waals surface area contributed by atoms with Crippen LogP contribution in [-0.2, 0) is 0 Å². The van der Waals surface area contributed by atoms with E-state index >= 15 is 0 Å². The Balaban J connectivity index is 1.91. The molecule has 17 heavy (non-hydrogen) atoms. The van der Waals surface area contributed by atoms with Gasteiger partial charge in [-0.15, -0.1) is 0 Å². The van der Waals surface area contributed by atoms with Gasteiger partial charge in [-0.1, -0.05) is 50.8 Å². The van der Waals surface area contributed by atoms with Crippen LogP contribution in [-0.4, -0.2) is 40.5 Å². The molecule has 1 rings (SSSR count). The van der Waals surface area contributed by atoms with Crippen molar-refractivity contribution in [1.29, 1.82) is 0 Å². The van der Waals surface area contributed by atoms with Crippen LogP contribution in [0.3, 0.4) is 0 Å². The number of carbonyl (C=O) groups excluding carboxylic acids is 1. The maximum atomic E-state index is 11.7. The quantitative estimate of drug-likeness (QED) is 0.463. The van der Waals surface area contributed by atoms with Crippen molar-refractivity contribution in [3.8, 4) is 0 Å². The van der Waals surface area contributed by atoms with Gasteiger partial charge in [-0.2, -0.15) is 11.8 Å². The van der Waals surface area contributed by atoms with Crippen LogP contribution in [0.5, 0.6) is 0 Å². The largest absolute Gasteiger partial charge is 0.337 e. The molecular formula is C13H25NOS2. The van der Waals surface area contributed by atoms with Crippen LogP contribution in [0.1, 0.15) is 45.4 Å². The molecule has 1 aliphatic rings. The molecule has 0 aromatic heterocycles. The normalized spacial score (nSPS) is 18.1. The summed E-state index contributed by atoms with van der Waals surface area (Å²) in [6.07, 6.45) is 7.74. The van der Waals surface area contributed by atoms with Gasteiger partial charge in [0.15, 0.2) is 0 Å². The molecule has 0 bridgehead atoms. The topological polar surface area (TPSA) is 20.3 Å². The van der Waals surface area contributed by atoms with Crippen molar-refractivity contribution in [2.24, 2.45) is 0 Å². The Labute approximate surface area is 114 Å². The van der Waals surface area contributed by atoms with Gasteiger partial charge < -0.3 is 4.90 Å². The molecule has 1 unspecified atom stereocenters. The van der Waals surface area contributed by atoms with E-state index in [0.717, 1.165) is 24.0 Å². The molecule has 0 radical (unpaired) electrons. The van der Waals surface area contributed by atoms with Gasteiger partial charge in [-0.05, 0) is 6.42 Å². The highest BCUT2D eigenvalue weighted by atomic mass is 32.2. The molecule has 1 amide bonds. The van der Waals surface area contributed by atoms with E-state index in [-0.39, 0.29) is 5.24 Å². The van der Waals surface area contributed by atoms with Gasteiger partial charge in [0, 0.05) is 30.3 Å². The van der Waals surface area contributed by atoms with Gasteiger partial charge >= 0.3 is 0 Å². The maximum absolute atomic E-state index is 11.7. The summed E-state index contributed by atoms with van der Waals surface area (Å²) in [5.74, 6) is 2.26. The molecule has 0 aliphatic carbocycles. The Hall–Kier alpha value is 0.170. The molecule has 0 N–H and O–H groups in total. The van der Waals surface area contributed by atoms with Gasteiger partial charge in [0.05, 0.1) is 0 Å². The zero-order chi connectivity index (χ0) is 12.5. The first-order valence-electron chi connectivity index (χ1n) is 6.73. The SMILES string of the molecule is CCCCCCCCN(C)C(=O)SCC1CS1. The van der Waals surface area contributed by atoms with Crippen LogP contribution in [0.15, 0.2) is 0 Å². The van der Waals surface area contributed by atoms with E-state index in [1.165, 1.54) is 49.6 Å². The maximum Gasteiger partial charge on any atom is 0.281 e. The van der Waals surface area contributed by atoms with Crippen molar-refractivity contribution < 1.29 is 4.79 Å². The number of hydrogen-bond donors (Lipinski definition) is 0. The molecule has 0 saturated carbocycles. The van der Waals surface area contributed by atoms with Gasteiger partial charge in [0.25, 0.3) is 5.24 Å². The van der Waals surface area contributed by atoms with Gasteiger partial charge in [-0.25, -0.2) is 0 Å². The van der Waals surface area contributed by atoms with Crippen molar-refractivity contribution >= 4 is 28.8 Å². The number of rotatable bonds is 9. The van der Waals surface area contributed by atoms with Crippen molar-refractivity contribution in [2.75, 3.05) is 25.1 Å². The fraction of sp³-hybridized carbons (Fsp3) is 0.923. The molecule has 1 aliphatic heterocycles. The third-order valence-electron chi connectivity index (χ3n) is 2.95. The Bertz CT molecular complexity index is 219. The molecular weight excluding hydrogens is 250 g/mol. The number of unbranched alkanes of at least 4 members (excludes halogenated alkanes) is 5. The first kappa shape index (κ1) is 15.2. The summed E-state index contributed by atoms with van der Waals surface area (Å²) >= 11 is 3.45. The van der Waals surface area contributed by atoms with E-state index in [1.54, 1.807) is 0 Å². The highest BCUT2D eigenvalue weighted by Crippen LogP contribution is 2.33. The van der Waals surface area contributed by atoms with Crippen molar-refractivity contribution in [3.63, 3.8) is 0 Å². The molecule has 1 heterocycles. The molecule has 2 nitrogen and oxygen atoms in total. The molecule has 100 valence electrons. The van der Waals surface area contributed by atoms with Crippen molar-refractivity contribution in [1.82, 2.24) is 4.90 Å². The lowest BCUT2D eigenvalue weighted by Crippen LogP contribution is -2.24. The predicted octanol–water partition coefficient (Wildman–Crippen LogP) is 4.25. The molecule has 0 aromatic rings. The first-order valence-corrected chi connectivity index (χ1v) is 8.77. The van der Waals surface area contributed by atoms with Crippen molar-refractivity contribution in [3.05, 3.63) is 0 Å². The third kappa shape index (κ3) is 7.98. The monoisotopic (exact) mass is 275 g/mol. The molecule has 1 atom stereocenters. The average molecular weight is 275 g/mol. The van der Waals surface area contributed by atoms with Gasteiger partial charge in [0.1, 0.15) is 0 Å². The Morgan fingerprint density at radius 1 is 1.29 bits per heavy atom. The van der Waals surface area contributed by atoms with Crippen LogP contribution >= 0.6 is 23.5 Å². The number of thioether (sulfide) groups is 2. The standard InChI is InChI=1S/C13H25NOS2/c1-3-4-5-6-7-8-9-14(2)13(15)17-11-12-10-16-12/h12H,3-11H2,1-2H3. The van der Waals surface area contributed by atoms with Gasteiger partial charge in [0.2, 0.25) is 0 Å². The van der Waals surface area contributed by atoms with E-state index in [0.29, 0.717) is 0 Å². The summed E-state index contributed by atoms with van der Waals surface area (Å²) in [6, 6.07) is 0. The molecule has 1 saturated heterocycles. The summed E-state index contributed by atoms with van der Waals surface area (Å²) in [5, 5.41) is 1.01. The summed E-state index contributed by atoms with van der Waals surface area (Å²) in [5.41, 5.74) is 0. The summed E-state index contributed by atoms with van der Waals surface area (Å²) in [7, 11) is 1.93. The zero-order valence-corrected chi connectivity index (χ0v) is 12.7. The molecule has 1 fully saturated rings. The fourth-order valence-electron chi connectivity index (χ4n) is 1.66. The summed E-state index contributed by atoms with van der Waals surface area (Å²) in [6.45, 7) is 3.16. The van der Waals surface area contributed by atoms with Crippen LogP contribution in [0.25, 0.3) is 0 Å². The second kappa shape index (κ2) is 9.15. The van der Waals surface area contributed by atoms with E-state index in [2.05, 4.69) is 6.92 Å². The van der Waals surface area contributed by atoms with E-state index in [1.807, 2.05) is 23.7 Å². The summed E-state index contributed by atoms with van der Waals surface area (Å²) in [4.78, 5) is 13.6. The van der Waals surface area contributed by atoms with Gasteiger partial charge in [-0.3, -0.25) is 4.79 Å².